The lowest BCUT2D eigenvalue weighted by Crippen LogP contribution is -2.13. The van der Waals surface area contributed by atoms with Gasteiger partial charge in [-0.2, -0.15) is 0 Å². The fourth-order valence-electron chi connectivity index (χ4n) is 3.42. The molecule has 0 radical (unpaired) electrons. The third-order valence-electron chi connectivity index (χ3n) is 5.07. The predicted molar refractivity (Wildman–Crippen MR) is 117 cm³/mol. The molecule has 3 aromatic rings. The van der Waals surface area contributed by atoms with Crippen LogP contribution in [0.2, 0.25) is 0 Å². The molecule has 0 saturated carbocycles. The van der Waals surface area contributed by atoms with Gasteiger partial charge in [0.1, 0.15) is 18.1 Å². The van der Waals surface area contributed by atoms with Gasteiger partial charge < -0.3 is 30.5 Å². The highest BCUT2D eigenvalue weighted by Gasteiger charge is 2.21. The van der Waals surface area contributed by atoms with E-state index < -0.39 is 0 Å². The minimum atomic E-state index is -0.184. The molecule has 0 heterocycles. The lowest BCUT2D eigenvalue weighted by Gasteiger charge is -2.19. The second-order valence-corrected chi connectivity index (χ2v) is 7.02. The first-order valence-corrected chi connectivity index (χ1v) is 9.79. The van der Waals surface area contributed by atoms with Crippen LogP contribution in [-0.2, 0) is 4.74 Å². The summed E-state index contributed by atoms with van der Waals surface area (Å²) in [5, 5.41) is 31.1. The van der Waals surface area contributed by atoms with Crippen LogP contribution in [0.5, 0.6) is 23.0 Å². The van der Waals surface area contributed by atoms with E-state index >= 15 is 0 Å². The molecule has 30 heavy (non-hydrogen) atoms. The van der Waals surface area contributed by atoms with Crippen LogP contribution in [0.3, 0.4) is 0 Å². The molecule has 0 aliphatic rings. The van der Waals surface area contributed by atoms with Crippen LogP contribution in [0.1, 0.15) is 11.1 Å². The van der Waals surface area contributed by atoms with Crippen LogP contribution in [0.15, 0.2) is 48.5 Å². The fraction of sp³-hybridized carbons (Fsp3) is 0.250. The normalized spacial score (nSPS) is 10.9. The highest BCUT2D eigenvalue weighted by Crippen LogP contribution is 2.48. The smallest absolute Gasteiger partial charge is 0.166 e. The number of ether oxygens (including phenoxy) is 2. The summed E-state index contributed by atoms with van der Waals surface area (Å²) in [6.07, 6.45) is 0. The standard InChI is InChI=1S/C24H27NO5/c1-15-16(2)22(18-5-9-20(10-6-18)30-14-13-29-12-11-25)24(28)23(27)21(15)17-3-7-19(26)8-4-17/h3-10,26-28H,11-14,25H2,1-2H3. The van der Waals surface area contributed by atoms with E-state index in [0.29, 0.717) is 48.8 Å². The van der Waals surface area contributed by atoms with Crippen molar-refractivity contribution in [3.05, 3.63) is 59.7 Å². The summed E-state index contributed by atoms with van der Waals surface area (Å²) in [5.41, 5.74) is 9.69. The van der Waals surface area contributed by atoms with E-state index in [1.807, 2.05) is 38.1 Å². The van der Waals surface area contributed by atoms with E-state index in [1.54, 1.807) is 24.3 Å². The Hall–Kier alpha value is -3.22. The lowest BCUT2D eigenvalue weighted by molar-refractivity contribution is 0.106. The Labute approximate surface area is 176 Å². The fourth-order valence-corrected chi connectivity index (χ4v) is 3.42. The van der Waals surface area contributed by atoms with Gasteiger partial charge in [0.15, 0.2) is 11.5 Å². The van der Waals surface area contributed by atoms with Crippen LogP contribution in [0, 0.1) is 13.8 Å². The summed E-state index contributed by atoms with van der Waals surface area (Å²) < 4.78 is 10.9. The summed E-state index contributed by atoms with van der Waals surface area (Å²) in [7, 11) is 0. The van der Waals surface area contributed by atoms with Gasteiger partial charge in [-0.05, 0) is 60.4 Å². The molecule has 0 unspecified atom stereocenters. The first-order valence-electron chi connectivity index (χ1n) is 9.79. The molecule has 6 heteroatoms. The minimum absolute atomic E-state index is 0.140. The van der Waals surface area contributed by atoms with Crippen LogP contribution >= 0.6 is 0 Å². The Morgan fingerprint density at radius 2 is 1.20 bits per heavy atom. The zero-order valence-electron chi connectivity index (χ0n) is 17.2. The van der Waals surface area contributed by atoms with Crippen molar-refractivity contribution >= 4 is 0 Å². The van der Waals surface area contributed by atoms with Gasteiger partial charge in [-0.15, -0.1) is 0 Å². The van der Waals surface area contributed by atoms with Gasteiger partial charge >= 0.3 is 0 Å². The molecular weight excluding hydrogens is 382 g/mol. The third kappa shape index (κ3) is 4.50. The average Bonchev–Trinajstić information content (AvgIpc) is 2.75. The molecule has 0 atom stereocenters. The lowest BCUT2D eigenvalue weighted by atomic mass is 9.89. The Balaban J connectivity index is 1.89. The van der Waals surface area contributed by atoms with Crippen molar-refractivity contribution in [3.8, 4) is 45.3 Å². The Morgan fingerprint density at radius 3 is 1.70 bits per heavy atom. The molecular formula is C24H27NO5. The first kappa shape index (κ1) is 21.5. The van der Waals surface area contributed by atoms with E-state index in [1.165, 1.54) is 0 Å². The van der Waals surface area contributed by atoms with Crippen molar-refractivity contribution < 1.29 is 24.8 Å². The zero-order chi connectivity index (χ0) is 21.7. The summed E-state index contributed by atoms with van der Waals surface area (Å²) in [6, 6.07) is 13.8. The average molecular weight is 409 g/mol. The number of nitrogens with two attached hydrogens (primary N) is 1. The maximum atomic E-state index is 10.8. The molecule has 3 rings (SSSR count). The van der Waals surface area contributed by atoms with Gasteiger partial charge in [0.25, 0.3) is 0 Å². The third-order valence-corrected chi connectivity index (χ3v) is 5.07. The van der Waals surface area contributed by atoms with Gasteiger partial charge in [-0.3, -0.25) is 0 Å². The minimum Gasteiger partial charge on any atom is -0.508 e. The number of hydrogen-bond donors (Lipinski definition) is 4. The summed E-state index contributed by atoms with van der Waals surface area (Å²) in [4.78, 5) is 0. The van der Waals surface area contributed by atoms with Gasteiger partial charge in [-0.1, -0.05) is 24.3 Å². The number of rotatable bonds is 8. The van der Waals surface area contributed by atoms with E-state index in [9.17, 15) is 15.3 Å². The second-order valence-electron chi connectivity index (χ2n) is 7.02. The number of benzene rings is 3. The molecule has 0 bridgehead atoms. The van der Waals surface area contributed by atoms with Gasteiger partial charge in [-0.25, -0.2) is 0 Å². The predicted octanol–water partition coefficient (Wildman–Crippen LogP) is 4.11. The van der Waals surface area contributed by atoms with Crippen molar-refractivity contribution in [3.63, 3.8) is 0 Å². The molecule has 5 N–H and O–H groups in total. The number of phenols is 3. The Morgan fingerprint density at radius 1 is 0.700 bits per heavy atom. The van der Waals surface area contributed by atoms with E-state index in [0.717, 1.165) is 16.7 Å². The largest absolute Gasteiger partial charge is 0.508 e. The Kier molecular flexibility index (Phi) is 6.82. The molecule has 3 aromatic carbocycles. The summed E-state index contributed by atoms with van der Waals surface area (Å²) >= 11 is 0. The van der Waals surface area contributed by atoms with Crippen LogP contribution in [0.25, 0.3) is 22.3 Å². The zero-order valence-corrected chi connectivity index (χ0v) is 17.2. The molecule has 0 aliphatic heterocycles. The molecule has 158 valence electrons. The number of phenolic OH excluding ortho intramolecular Hbond substituents is 3. The summed E-state index contributed by atoms with van der Waals surface area (Å²) in [5.74, 6) is 0.469. The van der Waals surface area contributed by atoms with Crippen molar-refractivity contribution in [1.82, 2.24) is 0 Å². The molecule has 0 aliphatic carbocycles. The molecule has 0 saturated heterocycles. The van der Waals surface area contributed by atoms with Gasteiger partial charge in [0.2, 0.25) is 0 Å². The summed E-state index contributed by atoms with van der Waals surface area (Å²) in [6.45, 7) is 5.68. The van der Waals surface area contributed by atoms with Crippen molar-refractivity contribution in [2.45, 2.75) is 13.8 Å². The maximum absolute atomic E-state index is 10.8. The van der Waals surface area contributed by atoms with E-state index in [2.05, 4.69) is 0 Å². The first-order chi connectivity index (χ1) is 14.4. The molecule has 0 spiro atoms. The highest BCUT2D eigenvalue weighted by molar-refractivity contribution is 5.87. The maximum Gasteiger partial charge on any atom is 0.166 e. The van der Waals surface area contributed by atoms with Crippen molar-refractivity contribution in [2.75, 3.05) is 26.4 Å². The quantitative estimate of drug-likeness (QED) is 0.330. The van der Waals surface area contributed by atoms with E-state index in [-0.39, 0.29) is 17.2 Å². The van der Waals surface area contributed by atoms with Crippen molar-refractivity contribution in [2.24, 2.45) is 5.73 Å². The number of hydrogen-bond acceptors (Lipinski definition) is 6. The molecule has 0 fully saturated rings. The van der Waals surface area contributed by atoms with E-state index in [4.69, 9.17) is 15.2 Å². The molecule has 6 nitrogen and oxygen atoms in total. The van der Waals surface area contributed by atoms with Gasteiger partial charge in [0, 0.05) is 17.7 Å². The second kappa shape index (κ2) is 9.52. The monoisotopic (exact) mass is 409 g/mol. The highest BCUT2D eigenvalue weighted by atomic mass is 16.5. The molecule has 0 amide bonds. The molecule has 0 aromatic heterocycles. The van der Waals surface area contributed by atoms with Crippen LogP contribution in [0.4, 0.5) is 0 Å². The number of aromatic hydroxyl groups is 3. The van der Waals surface area contributed by atoms with Crippen molar-refractivity contribution in [1.29, 1.82) is 0 Å². The Bertz CT molecular complexity index is 969. The van der Waals surface area contributed by atoms with Crippen LogP contribution < -0.4 is 10.5 Å². The SMILES string of the molecule is Cc1c(C)c(-c2ccc(OCCOCCN)cc2)c(O)c(O)c1-c1ccc(O)cc1. The topological polar surface area (TPSA) is 105 Å². The van der Waals surface area contributed by atoms with Crippen LogP contribution in [-0.4, -0.2) is 41.7 Å². The van der Waals surface area contributed by atoms with Gasteiger partial charge in [0.05, 0.1) is 13.2 Å².